The molecule has 6 heteroatoms. The van der Waals surface area contributed by atoms with E-state index >= 15 is 0 Å². The van der Waals surface area contributed by atoms with E-state index in [9.17, 15) is 14.7 Å². The van der Waals surface area contributed by atoms with E-state index in [-0.39, 0.29) is 22.6 Å². The lowest BCUT2D eigenvalue weighted by molar-refractivity contribution is -0.150. The fraction of sp³-hybridized carbons (Fsp3) is 0.333. The highest BCUT2D eigenvalue weighted by Crippen LogP contribution is 2.37. The van der Waals surface area contributed by atoms with Gasteiger partial charge in [-0.25, -0.2) is 4.79 Å². The first kappa shape index (κ1) is 14.0. The Labute approximate surface area is 104 Å². The minimum absolute atomic E-state index is 0.125. The summed E-state index contributed by atoms with van der Waals surface area (Å²) in [5, 5.41) is 9.79. The number of aliphatic hydroxyl groups is 1. The van der Waals surface area contributed by atoms with E-state index in [1.165, 1.54) is 26.4 Å². The monoisotopic (exact) mass is 254 g/mol. The zero-order chi connectivity index (χ0) is 13.7. The Hall–Kier alpha value is -2.08. The Bertz CT molecular complexity index is 454. The summed E-state index contributed by atoms with van der Waals surface area (Å²) in [6.45, 7) is 0. The normalized spacial score (nSPS) is 11.6. The lowest BCUT2D eigenvalue weighted by Crippen LogP contribution is -2.15. The predicted octanol–water partition coefficient (Wildman–Crippen LogP) is 0.723. The molecular weight excluding hydrogens is 240 g/mol. The number of aldehydes is 1. The van der Waals surface area contributed by atoms with Gasteiger partial charge in [0.05, 0.1) is 26.9 Å². The molecule has 98 valence electrons. The minimum Gasteiger partial charge on any atom is -0.492 e. The molecule has 0 radical (unpaired) electrons. The van der Waals surface area contributed by atoms with Gasteiger partial charge in [0, 0.05) is 5.56 Å². The van der Waals surface area contributed by atoms with Gasteiger partial charge in [0.15, 0.2) is 23.9 Å². The van der Waals surface area contributed by atoms with Gasteiger partial charge in [-0.2, -0.15) is 0 Å². The van der Waals surface area contributed by atoms with Crippen LogP contribution in [-0.4, -0.2) is 38.7 Å². The Kier molecular flexibility index (Phi) is 4.67. The van der Waals surface area contributed by atoms with Gasteiger partial charge in [0.1, 0.15) is 0 Å². The molecule has 0 aliphatic rings. The van der Waals surface area contributed by atoms with Crippen molar-refractivity contribution in [3.63, 3.8) is 0 Å². The van der Waals surface area contributed by atoms with E-state index in [1.807, 2.05) is 0 Å². The van der Waals surface area contributed by atoms with Gasteiger partial charge in [-0.15, -0.1) is 0 Å². The molecule has 0 saturated heterocycles. The van der Waals surface area contributed by atoms with E-state index < -0.39 is 12.1 Å². The Morgan fingerprint density at radius 2 is 1.83 bits per heavy atom. The first-order valence-corrected chi connectivity index (χ1v) is 5.06. The number of rotatable bonds is 5. The smallest absolute Gasteiger partial charge is 0.339 e. The zero-order valence-electron chi connectivity index (χ0n) is 10.3. The van der Waals surface area contributed by atoms with Crippen molar-refractivity contribution in [1.82, 2.24) is 0 Å². The second-order valence-corrected chi connectivity index (χ2v) is 3.35. The molecule has 1 N–H and O–H groups in total. The summed E-state index contributed by atoms with van der Waals surface area (Å²) in [7, 11) is 3.87. The second-order valence-electron chi connectivity index (χ2n) is 3.35. The molecule has 1 aromatic carbocycles. The van der Waals surface area contributed by atoms with Gasteiger partial charge < -0.3 is 19.3 Å². The van der Waals surface area contributed by atoms with Gasteiger partial charge in [-0.05, 0) is 6.07 Å². The molecule has 1 unspecified atom stereocenters. The standard InChI is InChI=1S/C12H14O6/c1-16-10-7(6-13)4-5-8(11(10)17-2)9(14)12(15)18-3/h4-6,9,14H,1-3H3. The maximum absolute atomic E-state index is 11.3. The molecule has 6 nitrogen and oxygen atoms in total. The SMILES string of the molecule is COC(=O)C(O)c1ccc(C=O)c(OC)c1OC. The lowest BCUT2D eigenvalue weighted by atomic mass is 10.0. The fourth-order valence-electron chi connectivity index (χ4n) is 1.56. The largest absolute Gasteiger partial charge is 0.492 e. The van der Waals surface area contributed by atoms with E-state index in [4.69, 9.17) is 9.47 Å². The van der Waals surface area contributed by atoms with Crippen LogP contribution in [0.5, 0.6) is 11.5 Å². The van der Waals surface area contributed by atoms with Gasteiger partial charge >= 0.3 is 5.97 Å². The van der Waals surface area contributed by atoms with Gasteiger partial charge in [0.2, 0.25) is 0 Å². The molecule has 0 aromatic heterocycles. The van der Waals surface area contributed by atoms with Crippen molar-refractivity contribution in [2.45, 2.75) is 6.10 Å². The van der Waals surface area contributed by atoms with E-state index in [1.54, 1.807) is 0 Å². The number of carbonyl (C=O) groups excluding carboxylic acids is 2. The van der Waals surface area contributed by atoms with Crippen LogP contribution < -0.4 is 9.47 Å². The molecule has 0 amide bonds. The third-order valence-corrected chi connectivity index (χ3v) is 2.43. The number of methoxy groups -OCH3 is 3. The summed E-state index contributed by atoms with van der Waals surface area (Å²) in [6, 6.07) is 2.84. The molecule has 0 bridgehead atoms. The van der Waals surface area contributed by atoms with Crippen LogP contribution in [0.1, 0.15) is 22.0 Å². The molecular formula is C12H14O6. The van der Waals surface area contributed by atoms with Crippen LogP contribution in [0.15, 0.2) is 12.1 Å². The molecule has 0 fully saturated rings. The number of aliphatic hydroxyl groups excluding tert-OH is 1. The maximum Gasteiger partial charge on any atom is 0.339 e. The number of hydrogen-bond donors (Lipinski definition) is 1. The number of benzene rings is 1. The van der Waals surface area contributed by atoms with Gasteiger partial charge in [-0.3, -0.25) is 4.79 Å². The van der Waals surface area contributed by atoms with Crippen LogP contribution >= 0.6 is 0 Å². The minimum atomic E-state index is -1.50. The van der Waals surface area contributed by atoms with Crippen LogP contribution in [0.4, 0.5) is 0 Å². The van der Waals surface area contributed by atoms with Crippen LogP contribution in [-0.2, 0) is 9.53 Å². The molecule has 1 rings (SSSR count). The van der Waals surface area contributed by atoms with E-state index in [2.05, 4.69) is 4.74 Å². The molecule has 18 heavy (non-hydrogen) atoms. The zero-order valence-corrected chi connectivity index (χ0v) is 10.3. The average Bonchev–Trinajstić information content (AvgIpc) is 2.43. The topological polar surface area (TPSA) is 82.1 Å². The first-order valence-electron chi connectivity index (χ1n) is 5.06. The molecule has 0 spiro atoms. The van der Waals surface area contributed by atoms with E-state index in [0.717, 1.165) is 7.11 Å². The third-order valence-electron chi connectivity index (χ3n) is 2.43. The van der Waals surface area contributed by atoms with Crippen molar-refractivity contribution in [2.75, 3.05) is 21.3 Å². The van der Waals surface area contributed by atoms with Crippen LogP contribution in [0, 0.1) is 0 Å². The summed E-state index contributed by atoms with van der Waals surface area (Å²) in [5.74, 6) is -0.540. The quantitative estimate of drug-likeness (QED) is 0.616. The van der Waals surface area contributed by atoms with Gasteiger partial charge in [-0.1, -0.05) is 6.07 Å². The van der Waals surface area contributed by atoms with Crippen molar-refractivity contribution in [3.05, 3.63) is 23.3 Å². The summed E-state index contributed by atoms with van der Waals surface area (Å²) in [4.78, 5) is 22.1. The average molecular weight is 254 g/mol. The number of hydrogen-bond acceptors (Lipinski definition) is 6. The second kappa shape index (κ2) is 6.02. The Balaban J connectivity index is 3.37. The molecule has 0 aliphatic heterocycles. The third kappa shape index (κ3) is 2.43. The van der Waals surface area contributed by atoms with Crippen molar-refractivity contribution in [1.29, 1.82) is 0 Å². The highest BCUT2D eigenvalue weighted by atomic mass is 16.5. The molecule has 1 aromatic rings. The molecule has 1 atom stereocenters. The Morgan fingerprint density at radius 1 is 1.22 bits per heavy atom. The molecule has 0 heterocycles. The Morgan fingerprint density at radius 3 is 2.28 bits per heavy atom. The molecule has 0 saturated carbocycles. The van der Waals surface area contributed by atoms with Crippen molar-refractivity contribution in [3.8, 4) is 11.5 Å². The van der Waals surface area contributed by atoms with Crippen LogP contribution in [0.3, 0.4) is 0 Å². The number of carbonyl (C=O) groups is 2. The fourth-order valence-corrected chi connectivity index (χ4v) is 1.56. The summed E-state index contributed by atoms with van der Waals surface area (Å²) in [5.41, 5.74) is 0.432. The summed E-state index contributed by atoms with van der Waals surface area (Å²) in [6.07, 6.45) is -0.908. The van der Waals surface area contributed by atoms with Crippen molar-refractivity contribution < 1.29 is 28.9 Å². The maximum atomic E-state index is 11.3. The van der Waals surface area contributed by atoms with E-state index in [0.29, 0.717) is 6.29 Å². The van der Waals surface area contributed by atoms with Crippen LogP contribution in [0.2, 0.25) is 0 Å². The summed E-state index contributed by atoms with van der Waals surface area (Å²) < 4.78 is 14.6. The van der Waals surface area contributed by atoms with Crippen molar-refractivity contribution in [2.24, 2.45) is 0 Å². The predicted molar refractivity (Wildman–Crippen MR) is 61.9 cm³/mol. The number of esters is 1. The summed E-state index contributed by atoms with van der Waals surface area (Å²) >= 11 is 0. The molecule has 0 aliphatic carbocycles. The first-order chi connectivity index (χ1) is 8.60. The number of ether oxygens (including phenoxy) is 3. The highest BCUT2D eigenvalue weighted by Gasteiger charge is 2.25. The van der Waals surface area contributed by atoms with Crippen molar-refractivity contribution >= 4 is 12.3 Å². The highest BCUT2D eigenvalue weighted by molar-refractivity contribution is 5.84. The van der Waals surface area contributed by atoms with Crippen LogP contribution in [0.25, 0.3) is 0 Å². The van der Waals surface area contributed by atoms with Gasteiger partial charge in [0.25, 0.3) is 0 Å². The lowest BCUT2D eigenvalue weighted by Gasteiger charge is -2.16.